The molecule has 0 saturated carbocycles. The molecule has 14 heavy (non-hydrogen) atoms. The van der Waals surface area contributed by atoms with Crippen molar-refractivity contribution in [2.75, 3.05) is 26.3 Å². The van der Waals surface area contributed by atoms with Crippen LogP contribution in [0, 0.1) is 0 Å². The fraction of sp³-hybridized carbons (Fsp3) is 0.778. The van der Waals surface area contributed by atoms with E-state index in [0.29, 0.717) is 0 Å². The third kappa shape index (κ3) is 2.30. The van der Waals surface area contributed by atoms with E-state index in [2.05, 4.69) is 22.1 Å². The molecule has 0 N–H and O–H groups in total. The monoisotopic (exact) mass is 196 g/mol. The van der Waals surface area contributed by atoms with Gasteiger partial charge in [0.25, 0.3) is 0 Å². The van der Waals surface area contributed by atoms with Gasteiger partial charge in [0.15, 0.2) is 0 Å². The van der Waals surface area contributed by atoms with Gasteiger partial charge in [-0.2, -0.15) is 0 Å². The average molecular weight is 196 g/mol. The van der Waals surface area contributed by atoms with Gasteiger partial charge >= 0.3 is 0 Å². The van der Waals surface area contributed by atoms with Gasteiger partial charge in [-0.25, -0.2) is 0 Å². The quantitative estimate of drug-likeness (QED) is 0.689. The molecule has 78 valence electrons. The lowest BCUT2D eigenvalue weighted by Crippen LogP contribution is -2.35. The lowest BCUT2D eigenvalue weighted by molar-refractivity contribution is 0.0336. The number of nitrogens with zero attached hydrogens (tertiary/aromatic N) is 4. The molecular formula is C9H16N4O. The maximum Gasteiger partial charge on any atom is 0.0967 e. The van der Waals surface area contributed by atoms with Crippen LogP contribution in [0.3, 0.4) is 0 Å². The summed E-state index contributed by atoms with van der Waals surface area (Å²) in [4.78, 5) is 2.34. The Labute approximate surface area is 83.6 Å². The van der Waals surface area contributed by atoms with E-state index in [-0.39, 0.29) is 0 Å². The molecule has 1 saturated heterocycles. The van der Waals surface area contributed by atoms with Crippen molar-refractivity contribution >= 4 is 0 Å². The molecule has 0 radical (unpaired) electrons. The zero-order valence-electron chi connectivity index (χ0n) is 8.52. The predicted molar refractivity (Wildman–Crippen MR) is 51.8 cm³/mol. The fourth-order valence-electron chi connectivity index (χ4n) is 1.55. The first-order valence-corrected chi connectivity index (χ1v) is 5.07. The summed E-state index contributed by atoms with van der Waals surface area (Å²) >= 11 is 0. The van der Waals surface area contributed by atoms with Crippen molar-refractivity contribution in [1.82, 2.24) is 19.9 Å². The van der Waals surface area contributed by atoms with Crippen LogP contribution in [0.4, 0.5) is 0 Å². The summed E-state index contributed by atoms with van der Waals surface area (Å²) < 4.78 is 7.14. The minimum Gasteiger partial charge on any atom is -0.379 e. The Morgan fingerprint density at radius 1 is 1.43 bits per heavy atom. The minimum absolute atomic E-state index is 0.835. The first-order chi connectivity index (χ1) is 6.88. The third-order valence-corrected chi connectivity index (χ3v) is 2.40. The van der Waals surface area contributed by atoms with Gasteiger partial charge in [-0.1, -0.05) is 5.21 Å². The molecule has 0 unspecified atom stereocenters. The maximum atomic E-state index is 5.28. The van der Waals surface area contributed by atoms with Gasteiger partial charge < -0.3 is 4.74 Å². The first kappa shape index (κ1) is 9.61. The third-order valence-electron chi connectivity index (χ3n) is 2.40. The van der Waals surface area contributed by atoms with E-state index in [4.69, 9.17) is 4.74 Å². The number of aromatic nitrogens is 3. The zero-order chi connectivity index (χ0) is 9.80. The molecule has 1 aromatic heterocycles. The van der Waals surface area contributed by atoms with Gasteiger partial charge in [-0.15, -0.1) is 5.10 Å². The average Bonchev–Trinajstić information content (AvgIpc) is 2.67. The fourth-order valence-corrected chi connectivity index (χ4v) is 1.55. The van der Waals surface area contributed by atoms with E-state index in [1.807, 2.05) is 10.9 Å². The number of rotatable bonds is 3. The summed E-state index contributed by atoms with van der Waals surface area (Å²) in [7, 11) is 0. The summed E-state index contributed by atoms with van der Waals surface area (Å²) in [5.74, 6) is 0. The standard InChI is InChI=1S/C9H16N4O/c1-2-13-8-9(10-11-13)7-12-3-5-14-6-4-12/h8H,2-7H2,1H3. The second kappa shape index (κ2) is 4.52. The van der Waals surface area contributed by atoms with Crippen LogP contribution in [0.5, 0.6) is 0 Å². The molecule has 5 nitrogen and oxygen atoms in total. The summed E-state index contributed by atoms with van der Waals surface area (Å²) in [6.07, 6.45) is 2.01. The molecule has 0 atom stereocenters. The molecule has 0 aliphatic carbocycles. The van der Waals surface area contributed by atoms with Gasteiger partial charge in [-0.3, -0.25) is 9.58 Å². The Balaban J connectivity index is 1.89. The van der Waals surface area contributed by atoms with Gasteiger partial charge in [0.1, 0.15) is 0 Å². The number of morpholine rings is 1. The molecule has 2 heterocycles. The second-order valence-electron chi connectivity index (χ2n) is 3.45. The van der Waals surface area contributed by atoms with Crippen molar-refractivity contribution in [3.8, 4) is 0 Å². The molecule has 1 aliphatic rings. The number of hydrogen-bond acceptors (Lipinski definition) is 4. The van der Waals surface area contributed by atoms with Crippen LogP contribution in [0.1, 0.15) is 12.6 Å². The molecule has 0 aromatic carbocycles. The molecule has 1 aromatic rings. The molecule has 2 rings (SSSR count). The van der Waals surface area contributed by atoms with Crippen molar-refractivity contribution < 1.29 is 4.74 Å². The second-order valence-corrected chi connectivity index (χ2v) is 3.45. The highest BCUT2D eigenvalue weighted by molar-refractivity contribution is 4.92. The molecule has 1 fully saturated rings. The molecule has 0 amide bonds. The molecular weight excluding hydrogens is 180 g/mol. The van der Waals surface area contributed by atoms with Crippen LogP contribution in [-0.4, -0.2) is 46.2 Å². The SMILES string of the molecule is CCn1cc(CN2CCOCC2)nn1. The summed E-state index contributed by atoms with van der Waals surface area (Å²) in [5.41, 5.74) is 1.05. The lowest BCUT2D eigenvalue weighted by Gasteiger charge is -2.25. The van der Waals surface area contributed by atoms with Crippen molar-refractivity contribution in [2.45, 2.75) is 20.0 Å². The highest BCUT2D eigenvalue weighted by Gasteiger charge is 2.12. The summed E-state index contributed by atoms with van der Waals surface area (Å²) in [6, 6.07) is 0. The maximum absolute atomic E-state index is 5.28. The largest absolute Gasteiger partial charge is 0.379 e. The molecule has 5 heteroatoms. The predicted octanol–water partition coefficient (Wildman–Crippen LogP) is 0.130. The Kier molecular flexibility index (Phi) is 3.10. The normalized spacial score (nSPS) is 18.6. The van der Waals surface area contributed by atoms with E-state index in [9.17, 15) is 0 Å². The van der Waals surface area contributed by atoms with Crippen LogP contribution in [0.15, 0.2) is 6.20 Å². The summed E-state index contributed by atoms with van der Waals surface area (Å²) in [5, 5.41) is 8.12. The summed E-state index contributed by atoms with van der Waals surface area (Å²) in [6.45, 7) is 7.51. The highest BCUT2D eigenvalue weighted by Crippen LogP contribution is 2.03. The minimum atomic E-state index is 0.835. The number of aryl methyl sites for hydroxylation is 1. The Bertz CT molecular complexity index is 280. The molecule has 1 aliphatic heterocycles. The van der Waals surface area contributed by atoms with E-state index < -0.39 is 0 Å². The van der Waals surface area contributed by atoms with Crippen molar-refractivity contribution in [3.63, 3.8) is 0 Å². The topological polar surface area (TPSA) is 43.2 Å². The van der Waals surface area contributed by atoms with Crippen molar-refractivity contribution in [3.05, 3.63) is 11.9 Å². The smallest absolute Gasteiger partial charge is 0.0967 e. The number of ether oxygens (including phenoxy) is 1. The zero-order valence-corrected chi connectivity index (χ0v) is 8.52. The van der Waals surface area contributed by atoms with Crippen molar-refractivity contribution in [2.24, 2.45) is 0 Å². The first-order valence-electron chi connectivity index (χ1n) is 5.07. The van der Waals surface area contributed by atoms with Crippen molar-refractivity contribution in [1.29, 1.82) is 0 Å². The van der Waals surface area contributed by atoms with Crippen LogP contribution < -0.4 is 0 Å². The highest BCUT2D eigenvalue weighted by atomic mass is 16.5. The Morgan fingerprint density at radius 2 is 2.21 bits per heavy atom. The number of hydrogen-bond donors (Lipinski definition) is 0. The van der Waals surface area contributed by atoms with Crippen LogP contribution in [0.2, 0.25) is 0 Å². The molecule has 0 spiro atoms. The van der Waals surface area contributed by atoms with Crippen LogP contribution >= 0.6 is 0 Å². The van der Waals surface area contributed by atoms with Gasteiger partial charge in [0, 0.05) is 32.4 Å². The van der Waals surface area contributed by atoms with Crippen LogP contribution in [0.25, 0.3) is 0 Å². The Morgan fingerprint density at radius 3 is 2.86 bits per heavy atom. The van der Waals surface area contributed by atoms with E-state index in [1.165, 1.54) is 0 Å². The van der Waals surface area contributed by atoms with E-state index in [0.717, 1.165) is 45.1 Å². The van der Waals surface area contributed by atoms with E-state index >= 15 is 0 Å². The van der Waals surface area contributed by atoms with Gasteiger partial charge in [-0.05, 0) is 6.92 Å². The lowest BCUT2D eigenvalue weighted by atomic mass is 10.3. The van der Waals surface area contributed by atoms with Gasteiger partial charge in [0.2, 0.25) is 0 Å². The molecule has 0 bridgehead atoms. The Hall–Kier alpha value is -0.940. The van der Waals surface area contributed by atoms with Gasteiger partial charge in [0.05, 0.1) is 18.9 Å². The van der Waals surface area contributed by atoms with E-state index in [1.54, 1.807) is 0 Å². The van der Waals surface area contributed by atoms with Crippen LogP contribution in [-0.2, 0) is 17.8 Å².